The molecule has 0 aliphatic carbocycles. The zero-order valence-electron chi connectivity index (χ0n) is 16.3. The second kappa shape index (κ2) is 8.35. The number of carbonyl (C=O) groups excluding carboxylic acids is 1. The van der Waals surface area contributed by atoms with Crippen LogP contribution in [0.1, 0.15) is 16.8 Å². The van der Waals surface area contributed by atoms with Gasteiger partial charge in [0, 0.05) is 25.9 Å². The van der Waals surface area contributed by atoms with Gasteiger partial charge in [0.2, 0.25) is 5.91 Å². The fourth-order valence-electron chi connectivity index (χ4n) is 2.94. The van der Waals surface area contributed by atoms with E-state index in [9.17, 15) is 4.79 Å². The van der Waals surface area contributed by atoms with Gasteiger partial charge in [-0.05, 0) is 48.4 Å². The maximum Gasteiger partial charge on any atom is 0.246 e. The lowest BCUT2D eigenvalue weighted by atomic mass is 10.1. The molecule has 7 heteroatoms. The first kappa shape index (κ1) is 19.8. The molecule has 28 heavy (non-hydrogen) atoms. The number of pyridine rings is 1. The summed E-state index contributed by atoms with van der Waals surface area (Å²) in [6.45, 7) is 2.42. The summed E-state index contributed by atoms with van der Waals surface area (Å²) in [4.78, 5) is 18.5. The highest BCUT2D eigenvalue weighted by Gasteiger charge is 2.13. The summed E-state index contributed by atoms with van der Waals surface area (Å²) in [5.74, 6) is 1.16. The van der Waals surface area contributed by atoms with Crippen LogP contribution in [0.4, 0.5) is 0 Å². The van der Waals surface area contributed by atoms with E-state index in [0.29, 0.717) is 28.9 Å². The lowest BCUT2D eigenvalue weighted by Crippen LogP contribution is -2.24. The number of aromatic nitrogens is 2. The average molecular weight is 400 g/mol. The van der Waals surface area contributed by atoms with Gasteiger partial charge in [-0.3, -0.25) is 9.20 Å². The number of likely N-dealkylation sites (N-methyl/N-ethyl adjacent to an activating group) is 1. The molecule has 0 aliphatic rings. The number of halogens is 1. The van der Waals surface area contributed by atoms with E-state index in [1.165, 1.54) is 6.08 Å². The van der Waals surface area contributed by atoms with E-state index in [1.807, 2.05) is 47.9 Å². The number of aryl methyl sites for hydroxylation is 1. The lowest BCUT2D eigenvalue weighted by Gasteiger charge is -2.18. The number of nitrogens with zero attached hydrogens (tertiary/aromatic N) is 3. The molecule has 2 aromatic heterocycles. The number of fused-ring (bicyclic) bond motifs is 1. The summed E-state index contributed by atoms with van der Waals surface area (Å²) in [5.41, 5.74) is 3.40. The van der Waals surface area contributed by atoms with E-state index in [0.717, 1.165) is 16.8 Å². The number of ether oxygens (including phenoxy) is 2. The lowest BCUT2D eigenvalue weighted by molar-refractivity contribution is -0.125. The van der Waals surface area contributed by atoms with Gasteiger partial charge in [0.15, 0.2) is 16.7 Å². The molecule has 3 rings (SSSR count). The number of carbonyl (C=O) groups is 1. The van der Waals surface area contributed by atoms with E-state index in [4.69, 9.17) is 21.1 Å². The monoisotopic (exact) mass is 399 g/mol. The second-order valence-corrected chi connectivity index (χ2v) is 6.74. The SMILES string of the molecule is COc1cc(C)c(CN(C)C(=O)/C=C/c2c(Cl)nc3ccccn23)cc1OC. The van der Waals surface area contributed by atoms with Crippen LogP contribution >= 0.6 is 11.6 Å². The first-order chi connectivity index (χ1) is 13.4. The highest BCUT2D eigenvalue weighted by molar-refractivity contribution is 6.31. The van der Waals surface area contributed by atoms with Crippen LogP contribution in [0.15, 0.2) is 42.6 Å². The minimum Gasteiger partial charge on any atom is -0.493 e. The predicted molar refractivity (Wildman–Crippen MR) is 110 cm³/mol. The molecule has 2 heterocycles. The highest BCUT2D eigenvalue weighted by atomic mass is 35.5. The van der Waals surface area contributed by atoms with Gasteiger partial charge in [0.05, 0.1) is 19.9 Å². The molecule has 0 N–H and O–H groups in total. The van der Waals surface area contributed by atoms with Crippen LogP contribution in [0.25, 0.3) is 11.7 Å². The van der Waals surface area contributed by atoms with Gasteiger partial charge in [0.1, 0.15) is 5.65 Å². The van der Waals surface area contributed by atoms with Crippen LogP contribution in [-0.2, 0) is 11.3 Å². The second-order valence-electron chi connectivity index (χ2n) is 6.38. The third kappa shape index (κ3) is 3.97. The molecular weight excluding hydrogens is 378 g/mol. The number of amides is 1. The van der Waals surface area contributed by atoms with Crippen molar-refractivity contribution < 1.29 is 14.3 Å². The molecule has 0 saturated heterocycles. The van der Waals surface area contributed by atoms with Crippen molar-refractivity contribution in [3.63, 3.8) is 0 Å². The summed E-state index contributed by atoms with van der Waals surface area (Å²) in [7, 11) is 4.94. The summed E-state index contributed by atoms with van der Waals surface area (Å²) in [5, 5.41) is 0.355. The quantitative estimate of drug-likeness (QED) is 0.588. The molecule has 0 saturated carbocycles. The fourth-order valence-corrected chi connectivity index (χ4v) is 3.18. The molecule has 0 radical (unpaired) electrons. The Labute approximate surface area is 169 Å². The Kier molecular flexibility index (Phi) is 5.90. The minimum absolute atomic E-state index is 0.142. The molecular formula is C21H22ClN3O3. The Morgan fingerprint density at radius 2 is 1.96 bits per heavy atom. The van der Waals surface area contributed by atoms with E-state index in [1.54, 1.807) is 32.2 Å². The Bertz CT molecular complexity index is 1040. The normalized spacial score (nSPS) is 11.2. The zero-order chi connectivity index (χ0) is 20.3. The van der Waals surface area contributed by atoms with Crippen LogP contribution in [0.3, 0.4) is 0 Å². The molecule has 6 nitrogen and oxygen atoms in total. The molecule has 0 unspecified atom stereocenters. The van der Waals surface area contributed by atoms with Gasteiger partial charge in [-0.2, -0.15) is 0 Å². The van der Waals surface area contributed by atoms with Crippen LogP contribution in [0.2, 0.25) is 5.15 Å². The van der Waals surface area contributed by atoms with E-state index < -0.39 is 0 Å². The van der Waals surface area contributed by atoms with E-state index in [2.05, 4.69) is 4.98 Å². The van der Waals surface area contributed by atoms with Gasteiger partial charge in [-0.25, -0.2) is 4.98 Å². The maximum absolute atomic E-state index is 12.6. The molecule has 1 amide bonds. The van der Waals surface area contributed by atoms with Crippen LogP contribution in [0, 0.1) is 6.92 Å². The maximum atomic E-state index is 12.6. The number of methoxy groups -OCH3 is 2. The molecule has 0 fully saturated rings. The fraction of sp³-hybridized carbons (Fsp3) is 0.238. The summed E-state index contributed by atoms with van der Waals surface area (Å²) in [6, 6.07) is 9.42. The van der Waals surface area contributed by atoms with Crippen molar-refractivity contribution in [1.29, 1.82) is 0 Å². The molecule has 0 bridgehead atoms. The third-order valence-electron chi connectivity index (χ3n) is 4.53. The molecule has 0 atom stereocenters. The highest BCUT2D eigenvalue weighted by Crippen LogP contribution is 2.30. The van der Waals surface area contributed by atoms with Gasteiger partial charge in [-0.1, -0.05) is 17.7 Å². The smallest absolute Gasteiger partial charge is 0.246 e. The predicted octanol–water partition coefficient (Wildman–Crippen LogP) is 3.99. The number of imidazole rings is 1. The first-order valence-electron chi connectivity index (χ1n) is 8.72. The van der Waals surface area contributed by atoms with Crippen LogP contribution < -0.4 is 9.47 Å². The average Bonchev–Trinajstić information content (AvgIpc) is 3.02. The van der Waals surface area contributed by atoms with E-state index in [-0.39, 0.29) is 5.91 Å². The third-order valence-corrected chi connectivity index (χ3v) is 4.81. The summed E-state index contributed by atoms with van der Waals surface area (Å²) < 4.78 is 12.5. The first-order valence-corrected chi connectivity index (χ1v) is 9.09. The summed E-state index contributed by atoms with van der Waals surface area (Å²) in [6.07, 6.45) is 5.04. The molecule has 3 aromatic rings. The van der Waals surface area contributed by atoms with Crippen molar-refractivity contribution in [3.05, 3.63) is 64.6 Å². The zero-order valence-corrected chi connectivity index (χ0v) is 17.0. The van der Waals surface area contributed by atoms with Gasteiger partial charge >= 0.3 is 0 Å². The number of benzene rings is 1. The van der Waals surface area contributed by atoms with Gasteiger partial charge < -0.3 is 14.4 Å². The Balaban J connectivity index is 1.78. The topological polar surface area (TPSA) is 56.1 Å². The number of hydrogen-bond acceptors (Lipinski definition) is 4. The van der Waals surface area contributed by atoms with Gasteiger partial charge in [0.25, 0.3) is 0 Å². The van der Waals surface area contributed by atoms with Gasteiger partial charge in [-0.15, -0.1) is 0 Å². The van der Waals surface area contributed by atoms with E-state index >= 15 is 0 Å². The standard InChI is InChI=1S/C21H22ClN3O3/c1-14-11-17(27-3)18(28-4)12-15(14)13-24(2)20(26)9-8-16-21(22)23-19-7-5-6-10-25(16)19/h5-12H,13H2,1-4H3/b9-8+. The van der Waals surface area contributed by atoms with Crippen molar-refractivity contribution >= 4 is 29.2 Å². The summed E-state index contributed by atoms with van der Waals surface area (Å²) >= 11 is 6.21. The number of rotatable bonds is 6. The largest absolute Gasteiger partial charge is 0.493 e. The molecule has 0 aliphatic heterocycles. The Hall–Kier alpha value is -2.99. The van der Waals surface area contributed by atoms with Crippen molar-refractivity contribution in [3.8, 4) is 11.5 Å². The van der Waals surface area contributed by atoms with Crippen LogP contribution in [0.5, 0.6) is 11.5 Å². The molecule has 146 valence electrons. The van der Waals surface area contributed by atoms with Crippen molar-refractivity contribution in [2.45, 2.75) is 13.5 Å². The van der Waals surface area contributed by atoms with Crippen LogP contribution in [-0.4, -0.2) is 41.5 Å². The Morgan fingerprint density at radius 1 is 1.25 bits per heavy atom. The van der Waals surface area contributed by atoms with Crippen molar-refractivity contribution in [1.82, 2.24) is 14.3 Å². The van der Waals surface area contributed by atoms with Crippen molar-refractivity contribution in [2.75, 3.05) is 21.3 Å². The number of hydrogen-bond donors (Lipinski definition) is 0. The minimum atomic E-state index is -0.142. The van der Waals surface area contributed by atoms with Crippen molar-refractivity contribution in [2.24, 2.45) is 0 Å². The molecule has 1 aromatic carbocycles. The molecule has 0 spiro atoms. The Morgan fingerprint density at radius 3 is 2.68 bits per heavy atom.